The van der Waals surface area contributed by atoms with E-state index in [2.05, 4.69) is 0 Å². The van der Waals surface area contributed by atoms with Gasteiger partial charge in [-0.1, -0.05) is 0 Å². The third-order valence-corrected chi connectivity index (χ3v) is 5.39. The van der Waals surface area contributed by atoms with Gasteiger partial charge >= 0.3 is 0 Å². The zero-order chi connectivity index (χ0) is 22.0. The average molecular weight is 415 g/mol. The standard InChI is InChI=1S/C21H25N3O6/c1-13-3-10-18-19(11-15(5-4-14(2)25)12-20(18)24(29)30)22(13)21(26)16-6-8-17(9-7-16)23(27)28/h6-9,11-13,23-24,27,29H,3-5,10H2,1-2H3/t13-/m1/s1. The number of hydrogen-bond donors (Lipinski definition) is 4. The van der Waals surface area contributed by atoms with Crippen LogP contribution in [0.15, 0.2) is 36.4 Å². The Morgan fingerprint density at radius 3 is 2.37 bits per heavy atom. The maximum Gasteiger partial charge on any atom is 0.258 e. The molecule has 2 unspecified atom stereocenters. The summed E-state index contributed by atoms with van der Waals surface area (Å²) in [5, 5.41) is 39.6. The van der Waals surface area contributed by atoms with Crippen LogP contribution in [0.25, 0.3) is 0 Å². The molecule has 0 fully saturated rings. The van der Waals surface area contributed by atoms with Gasteiger partial charge in [0.25, 0.3) is 5.91 Å². The molecule has 4 N–H and O–H groups in total. The highest BCUT2D eigenvalue weighted by Gasteiger charge is 2.32. The van der Waals surface area contributed by atoms with Gasteiger partial charge in [-0.2, -0.15) is 10.5 Å². The van der Waals surface area contributed by atoms with E-state index in [-0.39, 0.29) is 35.5 Å². The average Bonchev–Trinajstić information content (AvgIpc) is 2.71. The van der Waals surface area contributed by atoms with Crippen molar-refractivity contribution in [3.05, 3.63) is 63.5 Å². The van der Waals surface area contributed by atoms with E-state index in [4.69, 9.17) is 5.21 Å². The van der Waals surface area contributed by atoms with Crippen LogP contribution in [-0.4, -0.2) is 28.1 Å². The van der Waals surface area contributed by atoms with Crippen LogP contribution in [0.1, 0.15) is 48.2 Å². The first-order valence-corrected chi connectivity index (χ1v) is 9.74. The van der Waals surface area contributed by atoms with Gasteiger partial charge in [0.2, 0.25) is 0 Å². The van der Waals surface area contributed by atoms with E-state index in [0.717, 1.165) is 0 Å². The molecule has 0 saturated carbocycles. The van der Waals surface area contributed by atoms with Gasteiger partial charge in [0.1, 0.15) is 5.78 Å². The molecule has 30 heavy (non-hydrogen) atoms. The fourth-order valence-electron chi connectivity index (χ4n) is 3.77. The number of amides is 1. The van der Waals surface area contributed by atoms with E-state index < -0.39 is 10.5 Å². The molecule has 0 aromatic heterocycles. The first kappa shape index (κ1) is 22.0. The zero-order valence-corrected chi connectivity index (χ0v) is 16.8. The topological polar surface area (TPSA) is 133 Å². The predicted molar refractivity (Wildman–Crippen MR) is 108 cm³/mol. The van der Waals surface area contributed by atoms with E-state index in [1.165, 1.54) is 31.2 Å². The van der Waals surface area contributed by atoms with Crippen LogP contribution in [-0.2, 0) is 17.6 Å². The van der Waals surface area contributed by atoms with Crippen LogP contribution in [0.2, 0.25) is 0 Å². The molecule has 3 atom stereocenters. The summed E-state index contributed by atoms with van der Waals surface area (Å²) in [7, 11) is 0. The number of carbonyl (C=O) groups is 2. The number of rotatable bonds is 6. The number of Topliss-reactive ketones (excluding diaryl/α,β-unsaturated/α-hetero) is 1. The van der Waals surface area contributed by atoms with Crippen molar-refractivity contribution in [2.45, 2.75) is 45.6 Å². The minimum absolute atomic E-state index is 0.00409. The van der Waals surface area contributed by atoms with E-state index in [9.17, 15) is 25.2 Å². The Labute approximate surface area is 173 Å². The molecule has 2 aromatic carbocycles. The fourth-order valence-corrected chi connectivity index (χ4v) is 3.77. The monoisotopic (exact) mass is 415 g/mol. The van der Waals surface area contributed by atoms with Crippen LogP contribution in [0.4, 0.5) is 17.1 Å². The Hall–Kier alpha value is -2.66. The van der Waals surface area contributed by atoms with Gasteiger partial charge in [0.15, 0.2) is 11.4 Å². The Balaban J connectivity index is 2.04. The predicted octanol–water partition coefficient (Wildman–Crippen LogP) is 0.997. The highest BCUT2D eigenvalue weighted by molar-refractivity contribution is 6.07. The molecule has 0 saturated heterocycles. The second-order valence-corrected chi connectivity index (χ2v) is 7.59. The first-order chi connectivity index (χ1) is 14.2. The number of quaternary nitrogens is 2. The van der Waals surface area contributed by atoms with Crippen LogP contribution in [0.5, 0.6) is 0 Å². The largest absolute Gasteiger partial charge is 0.595 e. The van der Waals surface area contributed by atoms with Gasteiger partial charge in [-0.3, -0.25) is 4.79 Å². The summed E-state index contributed by atoms with van der Waals surface area (Å²) in [5.74, 6) is -0.315. The minimum Gasteiger partial charge on any atom is -0.595 e. The maximum atomic E-state index is 13.3. The quantitative estimate of drug-likeness (QED) is 0.520. The van der Waals surface area contributed by atoms with Crippen molar-refractivity contribution in [2.75, 3.05) is 4.90 Å². The van der Waals surface area contributed by atoms with Crippen molar-refractivity contribution in [1.29, 1.82) is 0 Å². The number of nitrogens with one attached hydrogen (secondary N) is 2. The number of ketones is 1. The molecule has 1 heterocycles. The molecule has 0 aliphatic carbocycles. The van der Waals surface area contributed by atoms with Crippen LogP contribution in [0.3, 0.4) is 0 Å². The van der Waals surface area contributed by atoms with Gasteiger partial charge in [0.05, 0.1) is 5.69 Å². The van der Waals surface area contributed by atoms with Crippen LogP contribution < -0.4 is 15.4 Å². The Morgan fingerprint density at radius 2 is 1.80 bits per heavy atom. The molecule has 0 bridgehead atoms. The SMILES string of the molecule is CC(=O)CCc1cc2c(c([NH+]([O-])O)c1)CC[C@@H](C)N2C(=O)c1ccc([NH+]([O-])O)cc1. The number of benzene rings is 2. The number of aryl methyl sites for hydroxylation is 1. The number of fused-ring (bicyclic) bond motifs is 1. The molecule has 0 radical (unpaired) electrons. The molecule has 3 rings (SSSR count). The summed E-state index contributed by atoms with van der Waals surface area (Å²) in [6.45, 7) is 3.38. The molecule has 9 heteroatoms. The van der Waals surface area contributed by atoms with Crippen molar-refractivity contribution in [3.8, 4) is 0 Å². The van der Waals surface area contributed by atoms with E-state index in [0.29, 0.717) is 41.6 Å². The number of carbonyl (C=O) groups excluding carboxylic acids is 2. The van der Waals surface area contributed by atoms with Gasteiger partial charge < -0.3 is 20.1 Å². The highest BCUT2D eigenvalue weighted by Crippen LogP contribution is 2.37. The lowest BCUT2D eigenvalue weighted by Crippen LogP contribution is -2.99. The van der Waals surface area contributed by atoms with E-state index in [1.807, 2.05) is 6.92 Å². The lowest BCUT2D eigenvalue weighted by atomic mass is 9.91. The smallest absolute Gasteiger partial charge is 0.258 e. The molecule has 9 nitrogen and oxygen atoms in total. The maximum absolute atomic E-state index is 13.3. The second-order valence-electron chi connectivity index (χ2n) is 7.59. The van der Waals surface area contributed by atoms with E-state index in [1.54, 1.807) is 17.0 Å². The van der Waals surface area contributed by atoms with Gasteiger partial charge in [0, 0.05) is 41.8 Å². The summed E-state index contributed by atoms with van der Waals surface area (Å²) in [6, 6.07) is 8.89. The third kappa shape index (κ3) is 4.57. The Bertz CT molecular complexity index is 943. The summed E-state index contributed by atoms with van der Waals surface area (Å²) in [6.07, 6.45) is 1.83. The van der Waals surface area contributed by atoms with Gasteiger partial charge in [-0.15, -0.1) is 0 Å². The van der Waals surface area contributed by atoms with E-state index >= 15 is 0 Å². The number of hydrogen-bond acceptors (Lipinski definition) is 6. The summed E-state index contributed by atoms with van der Waals surface area (Å²) in [4.78, 5) is 26.3. The molecule has 0 spiro atoms. The first-order valence-electron chi connectivity index (χ1n) is 9.74. The van der Waals surface area contributed by atoms with Crippen molar-refractivity contribution >= 4 is 28.8 Å². The number of anilines is 1. The normalized spacial score (nSPS) is 17.9. The lowest BCUT2D eigenvalue weighted by Gasteiger charge is -2.36. The second kappa shape index (κ2) is 9.00. The van der Waals surface area contributed by atoms with Gasteiger partial charge in [-0.25, -0.2) is 10.4 Å². The van der Waals surface area contributed by atoms with Crippen LogP contribution >= 0.6 is 0 Å². The molecule has 1 aliphatic heterocycles. The van der Waals surface area contributed by atoms with Crippen LogP contribution in [0, 0.1) is 10.4 Å². The van der Waals surface area contributed by atoms with Gasteiger partial charge in [-0.05, 0) is 56.9 Å². The molecule has 1 amide bonds. The van der Waals surface area contributed by atoms with Crippen molar-refractivity contribution in [1.82, 2.24) is 0 Å². The molecular formula is C21H25N3O6. The molecular weight excluding hydrogens is 390 g/mol. The summed E-state index contributed by atoms with van der Waals surface area (Å²) >= 11 is 0. The Kier molecular flexibility index (Phi) is 6.61. The lowest BCUT2D eigenvalue weighted by molar-refractivity contribution is -0.991. The van der Waals surface area contributed by atoms with Crippen molar-refractivity contribution in [3.63, 3.8) is 0 Å². The Morgan fingerprint density at radius 1 is 1.13 bits per heavy atom. The minimum atomic E-state index is -1.08. The zero-order valence-electron chi connectivity index (χ0n) is 16.8. The fraction of sp³-hybridized carbons (Fsp3) is 0.333. The number of nitrogens with zero attached hydrogens (tertiary/aromatic N) is 1. The van der Waals surface area contributed by atoms with Crippen molar-refractivity contribution in [2.24, 2.45) is 0 Å². The molecule has 160 valence electrons. The summed E-state index contributed by atoms with van der Waals surface area (Å²) < 4.78 is 0. The van der Waals surface area contributed by atoms with Crippen molar-refractivity contribution < 1.29 is 30.5 Å². The summed E-state index contributed by atoms with van der Waals surface area (Å²) in [5.41, 5.74) is 2.39. The molecule has 2 aromatic rings. The highest BCUT2D eigenvalue weighted by atomic mass is 16.8. The molecule has 1 aliphatic rings. The third-order valence-electron chi connectivity index (χ3n) is 5.39.